The summed E-state index contributed by atoms with van der Waals surface area (Å²) in [7, 11) is 0. The Morgan fingerprint density at radius 2 is 2.27 bits per heavy atom. The highest BCUT2D eigenvalue weighted by molar-refractivity contribution is 6.00. The highest BCUT2D eigenvalue weighted by Gasteiger charge is 2.43. The van der Waals surface area contributed by atoms with E-state index in [1.807, 2.05) is 29.2 Å². The summed E-state index contributed by atoms with van der Waals surface area (Å²) in [6, 6.07) is 7.76. The van der Waals surface area contributed by atoms with Crippen molar-refractivity contribution in [3.05, 3.63) is 35.7 Å². The molecule has 6 heteroatoms. The van der Waals surface area contributed by atoms with Gasteiger partial charge in [-0.1, -0.05) is 17.3 Å². The minimum Gasteiger partial charge on any atom is -0.334 e. The fourth-order valence-electron chi connectivity index (χ4n) is 3.37. The van der Waals surface area contributed by atoms with E-state index in [-0.39, 0.29) is 5.91 Å². The number of amides is 1. The second-order valence-corrected chi connectivity index (χ2v) is 5.97. The minimum atomic E-state index is 0.0522. The second-order valence-electron chi connectivity index (χ2n) is 5.97. The molecule has 2 saturated heterocycles. The van der Waals surface area contributed by atoms with Crippen molar-refractivity contribution in [1.29, 1.82) is 0 Å². The van der Waals surface area contributed by atoms with Gasteiger partial charge in [-0.2, -0.15) is 4.98 Å². The molecule has 1 amide bonds. The van der Waals surface area contributed by atoms with Gasteiger partial charge in [0.25, 0.3) is 11.8 Å². The molecule has 2 aliphatic rings. The summed E-state index contributed by atoms with van der Waals surface area (Å²) in [5.41, 5.74) is 1.34. The van der Waals surface area contributed by atoms with E-state index in [1.54, 1.807) is 6.92 Å². The lowest BCUT2D eigenvalue weighted by Crippen LogP contribution is -2.65. The predicted molar refractivity (Wildman–Crippen MR) is 80.3 cm³/mol. The maximum absolute atomic E-state index is 12.9. The Morgan fingerprint density at radius 3 is 3.05 bits per heavy atom. The quantitative estimate of drug-likeness (QED) is 0.909. The molecule has 0 radical (unpaired) electrons. The number of likely N-dealkylation sites (tertiary alicyclic amines) is 1. The van der Waals surface area contributed by atoms with Gasteiger partial charge in [-0.25, -0.2) is 0 Å². The number of carbonyl (C=O) groups is 1. The lowest BCUT2D eigenvalue weighted by Gasteiger charge is -2.51. The van der Waals surface area contributed by atoms with Gasteiger partial charge in [-0.3, -0.25) is 4.79 Å². The number of nitrogens with one attached hydrogen (secondary N) is 1. The van der Waals surface area contributed by atoms with E-state index in [2.05, 4.69) is 15.5 Å². The summed E-state index contributed by atoms with van der Waals surface area (Å²) in [6.07, 6.45) is 1.15. The Hall–Kier alpha value is -2.21. The van der Waals surface area contributed by atoms with E-state index in [1.165, 1.54) is 0 Å². The topological polar surface area (TPSA) is 71.3 Å². The third-order valence-electron chi connectivity index (χ3n) is 4.60. The van der Waals surface area contributed by atoms with Crippen LogP contribution in [-0.4, -0.2) is 46.6 Å². The first-order valence-corrected chi connectivity index (χ1v) is 7.65. The summed E-state index contributed by atoms with van der Waals surface area (Å²) >= 11 is 0. The molecule has 2 fully saturated rings. The van der Waals surface area contributed by atoms with Crippen molar-refractivity contribution in [2.75, 3.05) is 19.6 Å². The number of hydrogen-bond acceptors (Lipinski definition) is 5. The number of benzene rings is 1. The Labute approximate surface area is 128 Å². The van der Waals surface area contributed by atoms with E-state index in [0.717, 1.165) is 26.1 Å². The molecule has 4 rings (SSSR count). The normalized spacial score (nSPS) is 23.8. The zero-order valence-electron chi connectivity index (χ0n) is 12.5. The van der Waals surface area contributed by atoms with Gasteiger partial charge >= 0.3 is 0 Å². The van der Waals surface area contributed by atoms with Crippen molar-refractivity contribution in [1.82, 2.24) is 20.4 Å². The fourth-order valence-corrected chi connectivity index (χ4v) is 3.37. The summed E-state index contributed by atoms with van der Waals surface area (Å²) < 4.78 is 5.23. The molecule has 0 saturated carbocycles. The SMILES string of the molecule is Cc1noc(-c2ccccc2C(=O)N2CC3CCNCC32)n1. The van der Waals surface area contributed by atoms with Crippen LogP contribution in [0.15, 0.2) is 28.8 Å². The molecule has 6 nitrogen and oxygen atoms in total. The summed E-state index contributed by atoms with van der Waals surface area (Å²) in [5.74, 6) is 1.66. The van der Waals surface area contributed by atoms with Crippen LogP contribution in [0.1, 0.15) is 22.6 Å². The molecule has 1 N–H and O–H groups in total. The first-order chi connectivity index (χ1) is 10.7. The number of piperidine rings is 1. The Balaban J connectivity index is 1.64. The molecular formula is C16H18N4O2. The van der Waals surface area contributed by atoms with Crippen LogP contribution in [0.5, 0.6) is 0 Å². The van der Waals surface area contributed by atoms with E-state index < -0.39 is 0 Å². The van der Waals surface area contributed by atoms with E-state index in [4.69, 9.17) is 4.52 Å². The molecule has 1 aromatic carbocycles. The van der Waals surface area contributed by atoms with E-state index in [9.17, 15) is 4.79 Å². The first-order valence-electron chi connectivity index (χ1n) is 7.65. The molecule has 2 aromatic rings. The van der Waals surface area contributed by atoms with Gasteiger partial charge in [0.2, 0.25) is 0 Å². The predicted octanol–water partition coefficient (Wildman–Crippen LogP) is 1.48. The first kappa shape index (κ1) is 13.5. The van der Waals surface area contributed by atoms with Crippen LogP contribution in [0.2, 0.25) is 0 Å². The van der Waals surface area contributed by atoms with Gasteiger partial charge in [0.15, 0.2) is 5.82 Å². The molecule has 3 heterocycles. The van der Waals surface area contributed by atoms with Crippen LogP contribution in [0.3, 0.4) is 0 Å². The highest BCUT2D eigenvalue weighted by Crippen LogP contribution is 2.33. The molecule has 22 heavy (non-hydrogen) atoms. The number of rotatable bonds is 2. The lowest BCUT2D eigenvalue weighted by molar-refractivity contribution is 0.00285. The molecule has 0 spiro atoms. The number of carbonyl (C=O) groups excluding carboxylic acids is 1. The number of nitrogens with zero attached hydrogens (tertiary/aromatic N) is 3. The average Bonchev–Trinajstić information content (AvgIpc) is 2.95. The molecule has 114 valence electrons. The molecule has 2 aliphatic heterocycles. The molecule has 1 aromatic heterocycles. The summed E-state index contributed by atoms with van der Waals surface area (Å²) in [6.45, 7) is 4.56. The van der Waals surface area contributed by atoms with Crippen LogP contribution in [0.4, 0.5) is 0 Å². The smallest absolute Gasteiger partial charge is 0.258 e. The summed E-state index contributed by atoms with van der Waals surface area (Å²) in [5, 5.41) is 7.18. The van der Waals surface area contributed by atoms with Crippen molar-refractivity contribution in [2.45, 2.75) is 19.4 Å². The third kappa shape index (κ3) is 2.11. The van der Waals surface area contributed by atoms with Gasteiger partial charge < -0.3 is 14.7 Å². The Kier molecular flexibility index (Phi) is 3.18. The molecule has 0 bridgehead atoms. The number of hydrogen-bond donors (Lipinski definition) is 1. The lowest BCUT2D eigenvalue weighted by atomic mass is 9.82. The van der Waals surface area contributed by atoms with Crippen LogP contribution >= 0.6 is 0 Å². The van der Waals surface area contributed by atoms with Crippen molar-refractivity contribution in [2.24, 2.45) is 5.92 Å². The van der Waals surface area contributed by atoms with Crippen molar-refractivity contribution < 1.29 is 9.32 Å². The Bertz CT molecular complexity index is 712. The van der Waals surface area contributed by atoms with Crippen LogP contribution in [0.25, 0.3) is 11.5 Å². The standard InChI is InChI=1S/C16H18N4O2/c1-10-18-15(22-19-10)12-4-2-3-5-13(12)16(21)20-9-11-6-7-17-8-14(11)20/h2-5,11,14,17H,6-9H2,1H3. The highest BCUT2D eigenvalue weighted by atomic mass is 16.5. The molecule has 0 aliphatic carbocycles. The largest absolute Gasteiger partial charge is 0.334 e. The van der Waals surface area contributed by atoms with Crippen molar-refractivity contribution >= 4 is 5.91 Å². The van der Waals surface area contributed by atoms with Gasteiger partial charge in [0.05, 0.1) is 11.1 Å². The number of fused-ring (bicyclic) bond motifs is 1. The zero-order chi connectivity index (χ0) is 15.1. The summed E-state index contributed by atoms with van der Waals surface area (Å²) in [4.78, 5) is 19.1. The van der Waals surface area contributed by atoms with E-state index >= 15 is 0 Å². The second kappa shape index (κ2) is 5.21. The van der Waals surface area contributed by atoms with Gasteiger partial charge in [-0.05, 0) is 37.9 Å². The Morgan fingerprint density at radius 1 is 1.41 bits per heavy atom. The van der Waals surface area contributed by atoms with E-state index in [0.29, 0.717) is 34.8 Å². The molecule has 2 unspecified atom stereocenters. The maximum Gasteiger partial charge on any atom is 0.258 e. The fraction of sp³-hybridized carbons (Fsp3) is 0.438. The average molecular weight is 298 g/mol. The third-order valence-corrected chi connectivity index (χ3v) is 4.60. The zero-order valence-corrected chi connectivity index (χ0v) is 12.5. The van der Waals surface area contributed by atoms with Crippen LogP contribution in [0, 0.1) is 12.8 Å². The monoisotopic (exact) mass is 298 g/mol. The van der Waals surface area contributed by atoms with Gasteiger partial charge in [0, 0.05) is 19.1 Å². The van der Waals surface area contributed by atoms with Crippen molar-refractivity contribution in [3.63, 3.8) is 0 Å². The maximum atomic E-state index is 12.9. The van der Waals surface area contributed by atoms with Crippen LogP contribution < -0.4 is 5.32 Å². The number of aryl methyl sites for hydroxylation is 1. The molecular weight excluding hydrogens is 280 g/mol. The van der Waals surface area contributed by atoms with Crippen molar-refractivity contribution in [3.8, 4) is 11.5 Å². The number of aromatic nitrogens is 2. The van der Waals surface area contributed by atoms with Crippen LogP contribution in [-0.2, 0) is 0 Å². The van der Waals surface area contributed by atoms with Gasteiger partial charge in [0.1, 0.15) is 0 Å². The molecule has 2 atom stereocenters. The van der Waals surface area contributed by atoms with Gasteiger partial charge in [-0.15, -0.1) is 0 Å². The minimum absolute atomic E-state index is 0.0522.